The van der Waals surface area contributed by atoms with Crippen molar-refractivity contribution in [1.29, 1.82) is 0 Å². The highest BCUT2D eigenvalue weighted by atomic mass is 19.4. The van der Waals surface area contributed by atoms with Gasteiger partial charge >= 0.3 is 6.18 Å². The van der Waals surface area contributed by atoms with Crippen LogP contribution in [0.1, 0.15) is 5.82 Å². The maximum atomic E-state index is 12.9. The second kappa shape index (κ2) is 4.72. The van der Waals surface area contributed by atoms with E-state index in [4.69, 9.17) is 0 Å². The van der Waals surface area contributed by atoms with E-state index in [1.807, 2.05) is 6.07 Å². The lowest BCUT2D eigenvalue weighted by atomic mass is 10.3. The minimum Gasteiger partial charge on any atom is -0.313 e. The summed E-state index contributed by atoms with van der Waals surface area (Å²) < 4.78 is 40.0. The van der Waals surface area contributed by atoms with Gasteiger partial charge in [0.25, 0.3) is 0 Å². The Bertz CT molecular complexity index is 766. The molecule has 5 nitrogen and oxygen atoms in total. The topological polar surface area (TPSA) is 46.3 Å². The molecule has 3 aromatic rings. The third-order valence-corrected chi connectivity index (χ3v) is 2.94. The maximum Gasteiger partial charge on any atom is 0.451 e. The molecule has 3 rings (SSSR count). The number of para-hydroxylation sites is 1. The summed E-state index contributed by atoms with van der Waals surface area (Å²) in [7, 11) is 1.62. The number of hydrogen-bond donors (Lipinski definition) is 0. The lowest BCUT2D eigenvalue weighted by molar-refractivity contribution is -0.144. The molecule has 0 saturated carbocycles. The third kappa shape index (κ3) is 2.39. The van der Waals surface area contributed by atoms with Crippen LogP contribution in [-0.4, -0.2) is 26.6 Å². The van der Waals surface area contributed by atoms with Gasteiger partial charge in [0.05, 0.1) is 6.20 Å². The average Bonchev–Trinajstić information content (AvgIpc) is 2.94. The quantitative estimate of drug-likeness (QED) is 0.729. The normalized spacial score (nSPS) is 11.8. The molecule has 2 aromatic heterocycles. The monoisotopic (exact) mass is 293 g/mol. The predicted octanol–water partition coefficient (Wildman–Crippen LogP) is 2.91. The molecule has 0 atom stereocenters. The fourth-order valence-electron chi connectivity index (χ4n) is 1.92. The Labute approximate surface area is 117 Å². The summed E-state index contributed by atoms with van der Waals surface area (Å²) in [6, 6.07) is 10.3. The number of halogens is 3. The van der Waals surface area contributed by atoms with Crippen molar-refractivity contribution in [2.45, 2.75) is 6.18 Å². The van der Waals surface area contributed by atoms with Crippen LogP contribution in [0.3, 0.4) is 0 Å². The van der Waals surface area contributed by atoms with Gasteiger partial charge in [-0.15, -0.1) is 0 Å². The maximum absolute atomic E-state index is 12.9. The number of benzene rings is 1. The molecule has 108 valence electrons. The van der Waals surface area contributed by atoms with Gasteiger partial charge in [0.15, 0.2) is 5.65 Å². The van der Waals surface area contributed by atoms with Crippen molar-refractivity contribution < 1.29 is 13.2 Å². The summed E-state index contributed by atoms with van der Waals surface area (Å²) in [5.41, 5.74) is 0.788. The first-order valence-electron chi connectivity index (χ1n) is 6.04. The minimum atomic E-state index is -4.61. The van der Waals surface area contributed by atoms with Crippen molar-refractivity contribution in [3.8, 4) is 0 Å². The number of aromatic nitrogens is 4. The number of fused-ring (bicyclic) bond motifs is 1. The first-order valence-corrected chi connectivity index (χ1v) is 6.04. The molecular weight excluding hydrogens is 283 g/mol. The summed E-state index contributed by atoms with van der Waals surface area (Å²) in [5, 5.41) is 3.97. The molecule has 8 heteroatoms. The van der Waals surface area contributed by atoms with Crippen LogP contribution in [-0.2, 0) is 6.18 Å². The molecule has 0 aliphatic rings. The highest BCUT2D eigenvalue weighted by Crippen LogP contribution is 2.29. The highest BCUT2D eigenvalue weighted by Gasteiger charge is 2.36. The molecule has 0 bridgehead atoms. The zero-order valence-corrected chi connectivity index (χ0v) is 10.9. The SMILES string of the molecule is CN(c1ccccc1)c1nc(C(F)(F)F)nc2ccnn12. The molecule has 0 amide bonds. The molecule has 0 aliphatic carbocycles. The van der Waals surface area contributed by atoms with Crippen LogP contribution >= 0.6 is 0 Å². The van der Waals surface area contributed by atoms with Crippen LogP contribution in [0.2, 0.25) is 0 Å². The van der Waals surface area contributed by atoms with E-state index in [0.29, 0.717) is 5.69 Å². The van der Waals surface area contributed by atoms with Gasteiger partial charge in [0.1, 0.15) is 0 Å². The van der Waals surface area contributed by atoms with Gasteiger partial charge in [-0.05, 0) is 12.1 Å². The second-order valence-electron chi connectivity index (χ2n) is 4.34. The largest absolute Gasteiger partial charge is 0.451 e. The fourth-order valence-corrected chi connectivity index (χ4v) is 1.92. The van der Waals surface area contributed by atoms with Crippen LogP contribution < -0.4 is 4.90 Å². The van der Waals surface area contributed by atoms with E-state index in [9.17, 15) is 13.2 Å². The zero-order valence-electron chi connectivity index (χ0n) is 10.9. The van der Waals surface area contributed by atoms with Gasteiger partial charge in [-0.2, -0.15) is 27.8 Å². The first-order chi connectivity index (χ1) is 9.97. The van der Waals surface area contributed by atoms with Crippen molar-refractivity contribution >= 4 is 17.3 Å². The predicted molar refractivity (Wildman–Crippen MR) is 70.3 cm³/mol. The smallest absolute Gasteiger partial charge is 0.313 e. The molecule has 21 heavy (non-hydrogen) atoms. The molecular formula is C13H10F3N5. The van der Waals surface area contributed by atoms with Gasteiger partial charge in [-0.3, -0.25) is 0 Å². The fraction of sp³-hybridized carbons (Fsp3) is 0.154. The van der Waals surface area contributed by atoms with E-state index >= 15 is 0 Å². The summed E-state index contributed by atoms with van der Waals surface area (Å²) in [5.74, 6) is -1.14. The van der Waals surface area contributed by atoms with Crippen LogP contribution in [0, 0.1) is 0 Å². The Balaban J connectivity index is 2.19. The summed E-state index contributed by atoms with van der Waals surface area (Å²) in [6.45, 7) is 0. The minimum absolute atomic E-state index is 0.0449. The van der Waals surface area contributed by atoms with E-state index < -0.39 is 12.0 Å². The lowest BCUT2D eigenvalue weighted by Crippen LogP contribution is -2.20. The molecule has 2 heterocycles. The zero-order chi connectivity index (χ0) is 15.0. The van der Waals surface area contributed by atoms with Gasteiger partial charge < -0.3 is 4.90 Å². The molecule has 0 unspecified atom stereocenters. The Hall–Kier alpha value is -2.64. The van der Waals surface area contributed by atoms with Gasteiger partial charge in [0, 0.05) is 18.8 Å². The van der Waals surface area contributed by atoms with E-state index in [2.05, 4.69) is 15.1 Å². The summed E-state index contributed by atoms with van der Waals surface area (Å²) >= 11 is 0. The van der Waals surface area contributed by atoms with E-state index in [-0.39, 0.29) is 11.6 Å². The van der Waals surface area contributed by atoms with E-state index in [1.54, 1.807) is 31.3 Å². The number of anilines is 2. The molecule has 0 fully saturated rings. The number of rotatable bonds is 2. The number of nitrogens with zero attached hydrogens (tertiary/aromatic N) is 5. The standard InChI is InChI=1S/C13H10F3N5/c1-20(9-5-3-2-4-6-9)12-19-11(13(14,15)16)18-10-7-8-17-21(10)12/h2-8H,1H3. The van der Waals surface area contributed by atoms with Crippen molar-refractivity contribution in [2.24, 2.45) is 0 Å². The Kier molecular flexibility index (Phi) is 3.00. The molecule has 0 saturated heterocycles. The highest BCUT2D eigenvalue weighted by molar-refractivity contribution is 5.58. The van der Waals surface area contributed by atoms with E-state index in [1.165, 1.54) is 21.7 Å². The van der Waals surface area contributed by atoms with Crippen molar-refractivity contribution in [3.05, 3.63) is 48.4 Å². The third-order valence-electron chi connectivity index (χ3n) is 2.94. The molecule has 0 N–H and O–H groups in total. The Morgan fingerprint density at radius 2 is 1.76 bits per heavy atom. The Morgan fingerprint density at radius 1 is 1.05 bits per heavy atom. The van der Waals surface area contributed by atoms with E-state index in [0.717, 1.165) is 0 Å². The second-order valence-corrected chi connectivity index (χ2v) is 4.34. The van der Waals surface area contributed by atoms with Crippen LogP contribution in [0.5, 0.6) is 0 Å². The summed E-state index contributed by atoms with van der Waals surface area (Å²) in [6.07, 6.45) is -3.23. The molecule has 0 spiro atoms. The van der Waals surface area contributed by atoms with Gasteiger partial charge in [-0.25, -0.2) is 4.98 Å². The first kappa shape index (κ1) is 13.3. The number of alkyl halides is 3. The van der Waals surface area contributed by atoms with Crippen LogP contribution in [0.25, 0.3) is 5.65 Å². The molecule has 0 aliphatic heterocycles. The Morgan fingerprint density at radius 3 is 2.43 bits per heavy atom. The van der Waals surface area contributed by atoms with Gasteiger partial charge in [-0.1, -0.05) is 18.2 Å². The molecule has 0 radical (unpaired) electrons. The number of hydrogen-bond acceptors (Lipinski definition) is 4. The van der Waals surface area contributed by atoms with Crippen molar-refractivity contribution in [1.82, 2.24) is 19.6 Å². The lowest BCUT2D eigenvalue weighted by Gasteiger charge is -2.19. The van der Waals surface area contributed by atoms with Gasteiger partial charge in [0.2, 0.25) is 11.8 Å². The van der Waals surface area contributed by atoms with Crippen molar-refractivity contribution in [2.75, 3.05) is 11.9 Å². The van der Waals surface area contributed by atoms with Crippen molar-refractivity contribution in [3.63, 3.8) is 0 Å². The van der Waals surface area contributed by atoms with Crippen LogP contribution in [0.15, 0.2) is 42.6 Å². The summed E-state index contributed by atoms with van der Waals surface area (Å²) in [4.78, 5) is 8.62. The molecule has 1 aromatic carbocycles. The van der Waals surface area contributed by atoms with Crippen LogP contribution in [0.4, 0.5) is 24.8 Å². The average molecular weight is 293 g/mol.